The molecule has 1 aromatic heterocycles. The number of hydrogen-bond donors (Lipinski definition) is 0. The lowest BCUT2D eigenvalue weighted by atomic mass is 10.1. The Kier molecular flexibility index (Phi) is 8.87. The quantitative estimate of drug-likeness (QED) is 0.708. The summed E-state index contributed by atoms with van der Waals surface area (Å²) in [5.41, 5.74) is 2.57. The largest absolute Gasteiger partial charge is 0.493 e. The average Bonchev–Trinajstić information content (AvgIpc) is 2.99. The molecule has 1 aromatic carbocycles. The third-order valence-corrected chi connectivity index (χ3v) is 3.96. The predicted octanol–water partition coefficient (Wildman–Crippen LogP) is 4.30. The number of rotatable bonds is 7. The van der Waals surface area contributed by atoms with E-state index in [2.05, 4.69) is 0 Å². The van der Waals surface area contributed by atoms with Crippen LogP contribution in [-0.2, 0) is 11.3 Å². The van der Waals surface area contributed by atoms with Gasteiger partial charge in [-0.25, -0.2) is 0 Å². The molecular weight excluding hydrogens is 312 g/mol. The van der Waals surface area contributed by atoms with Crippen LogP contribution in [0, 0.1) is 6.92 Å². The van der Waals surface area contributed by atoms with Gasteiger partial charge in [0.05, 0.1) is 23.7 Å². The first kappa shape index (κ1) is 19.1. The molecule has 0 unspecified atom stereocenters. The summed E-state index contributed by atoms with van der Waals surface area (Å²) >= 11 is 1.48. The maximum absolute atomic E-state index is 10.8. The first-order chi connectivity index (χ1) is 11.2. The van der Waals surface area contributed by atoms with E-state index >= 15 is 0 Å². The van der Waals surface area contributed by atoms with Crippen LogP contribution in [0.3, 0.4) is 0 Å². The lowest BCUT2D eigenvalue weighted by Gasteiger charge is -2.11. The first-order valence-corrected chi connectivity index (χ1v) is 8.32. The Morgan fingerprint density at radius 3 is 2.35 bits per heavy atom. The molecule has 0 saturated carbocycles. The van der Waals surface area contributed by atoms with Gasteiger partial charge >= 0.3 is 0 Å². The summed E-state index contributed by atoms with van der Waals surface area (Å²) in [6, 6.07) is 7.43. The Balaban J connectivity index is 0.000000277. The number of carbonyl (C=O) groups is 2. The molecule has 0 spiro atoms. The van der Waals surface area contributed by atoms with Crippen LogP contribution >= 0.6 is 11.3 Å². The molecule has 5 heteroatoms. The summed E-state index contributed by atoms with van der Waals surface area (Å²) in [4.78, 5) is 21.7. The van der Waals surface area contributed by atoms with E-state index in [-0.39, 0.29) is 0 Å². The number of ether oxygens (including phenoxy) is 2. The molecule has 124 valence electrons. The second-order valence-corrected chi connectivity index (χ2v) is 5.56. The Labute approximate surface area is 141 Å². The van der Waals surface area contributed by atoms with Gasteiger partial charge in [0.1, 0.15) is 5.75 Å². The lowest BCUT2D eigenvalue weighted by Crippen LogP contribution is -2.02. The van der Waals surface area contributed by atoms with Gasteiger partial charge in [-0.1, -0.05) is 12.1 Å². The Morgan fingerprint density at radius 2 is 1.87 bits per heavy atom. The van der Waals surface area contributed by atoms with Crippen molar-refractivity contribution in [1.29, 1.82) is 0 Å². The van der Waals surface area contributed by atoms with Crippen LogP contribution in [0.1, 0.15) is 45.0 Å². The predicted molar refractivity (Wildman–Crippen MR) is 92.8 cm³/mol. The zero-order chi connectivity index (χ0) is 17.1. The molecule has 4 nitrogen and oxygen atoms in total. The fourth-order valence-electron chi connectivity index (χ4n) is 1.85. The number of aldehydes is 2. The second kappa shape index (κ2) is 10.7. The van der Waals surface area contributed by atoms with Crippen molar-refractivity contribution in [3.63, 3.8) is 0 Å². The van der Waals surface area contributed by atoms with Crippen molar-refractivity contribution >= 4 is 23.9 Å². The minimum Gasteiger partial charge on any atom is -0.493 e. The van der Waals surface area contributed by atoms with E-state index in [9.17, 15) is 9.59 Å². The number of aryl methyl sites for hydroxylation is 1. The van der Waals surface area contributed by atoms with E-state index in [4.69, 9.17) is 9.47 Å². The van der Waals surface area contributed by atoms with Crippen molar-refractivity contribution in [1.82, 2.24) is 0 Å². The minimum absolute atomic E-state index is 0.480. The van der Waals surface area contributed by atoms with Gasteiger partial charge in [-0.05, 0) is 43.8 Å². The molecule has 0 aliphatic heterocycles. The van der Waals surface area contributed by atoms with Gasteiger partial charge in [0.2, 0.25) is 0 Å². The standard InChI is InChI=1S/C12H16O3.C6H6OS/c1-3-14-9-11-7-5-6-10(8-13)12(11)15-4-2;1-5-2-3-8-6(5)4-7/h5-8H,3-4,9H2,1-2H3;2-4H,1H3. The summed E-state index contributed by atoms with van der Waals surface area (Å²) in [5.74, 6) is 0.642. The minimum atomic E-state index is 0.480. The zero-order valence-electron chi connectivity index (χ0n) is 13.7. The maximum atomic E-state index is 10.8. The van der Waals surface area contributed by atoms with E-state index in [0.29, 0.717) is 31.1 Å². The van der Waals surface area contributed by atoms with Crippen LogP contribution in [0.25, 0.3) is 0 Å². The van der Waals surface area contributed by atoms with Crippen LogP contribution in [0.2, 0.25) is 0 Å². The molecule has 2 aromatic rings. The summed E-state index contributed by atoms with van der Waals surface area (Å²) < 4.78 is 10.8. The highest BCUT2D eigenvalue weighted by atomic mass is 32.1. The SMILES string of the molecule is CCOCc1cccc(C=O)c1OCC.Cc1ccsc1C=O. The van der Waals surface area contributed by atoms with Crippen LogP contribution in [0.5, 0.6) is 5.75 Å². The number of para-hydroxylation sites is 1. The highest BCUT2D eigenvalue weighted by Gasteiger charge is 2.08. The summed E-state index contributed by atoms with van der Waals surface area (Å²) in [5, 5.41) is 1.92. The molecule has 0 amide bonds. The molecule has 2 rings (SSSR count). The molecule has 23 heavy (non-hydrogen) atoms. The zero-order valence-corrected chi connectivity index (χ0v) is 14.5. The lowest BCUT2D eigenvalue weighted by molar-refractivity contribution is 0.111. The van der Waals surface area contributed by atoms with E-state index in [0.717, 1.165) is 28.6 Å². The van der Waals surface area contributed by atoms with Crippen molar-refractivity contribution < 1.29 is 19.1 Å². The van der Waals surface area contributed by atoms with Gasteiger partial charge in [0.25, 0.3) is 0 Å². The molecule has 0 N–H and O–H groups in total. The Bertz CT molecular complexity index is 619. The molecule has 0 aliphatic rings. The number of thiophene rings is 1. The van der Waals surface area contributed by atoms with Gasteiger partial charge in [0, 0.05) is 12.2 Å². The molecule has 0 fully saturated rings. The molecule has 0 saturated heterocycles. The number of benzene rings is 1. The molecule has 0 radical (unpaired) electrons. The topological polar surface area (TPSA) is 52.6 Å². The molecular formula is C18H22O4S. The van der Waals surface area contributed by atoms with E-state index in [1.807, 2.05) is 44.4 Å². The third kappa shape index (κ3) is 5.96. The van der Waals surface area contributed by atoms with Gasteiger partial charge in [-0.3, -0.25) is 9.59 Å². The monoisotopic (exact) mass is 334 g/mol. The Morgan fingerprint density at radius 1 is 1.09 bits per heavy atom. The number of hydrogen-bond acceptors (Lipinski definition) is 5. The maximum Gasteiger partial charge on any atom is 0.160 e. The van der Waals surface area contributed by atoms with Gasteiger partial charge in [-0.2, -0.15) is 0 Å². The highest BCUT2D eigenvalue weighted by molar-refractivity contribution is 7.11. The van der Waals surface area contributed by atoms with Crippen molar-refractivity contribution in [2.45, 2.75) is 27.4 Å². The molecule has 0 bridgehead atoms. The van der Waals surface area contributed by atoms with Crippen LogP contribution in [0.15, 0.2) is 29.6 Å². The van der Waals surface area contributed by atoms with Crippen LogP contribution < -0.4 is 4.74 Å². The van der Waals surface area contributed by atoms with Crippen molar-refractivity contribution in [2.75, 3.05) is 13.2 Å². The fraction of sp³-hybridized carbons (Fsp3) is 0.333. The summed E-state index contributed by atoms with van der Waals surface area (Å²) in [6.45, 7) is 7.44. The number of carbonyl (C=O) groups excluding carboxylic acids is 2. The fourth-order valence-corrected chi connectivity index (χ4v) is 2.58. The Hall–Kier alpha value is -1.98. The van der Waals surface area contributed by atoms with E-state index in [1.165, 1.54) is 11.3 Å². The first-order valence-electron chi connectivity index (χ1n) is 7.44. The molecule has 0 aliphatic carbocycles. The van der Waals surface area contributed by atoms with E-state index in [1.54, 1.807) is 6.07 Å². The van der Waals surface area contributed by atoms with Crippen LogP contribution in [-0.4, -0.2) is 25.8 Å². The van der Waals surface area contributed by atoms with Gasteiger partial charge in [0.15, 0.2) is 12.6 Å². The summed E-state index contributed by atoms with van der Waals surface area (Å²) in [7, 11) is 0. The van der Waals surface area contributed by atoms with Crippen molar-refractivity contribution in [3.05, 3.63) is 51.2 Å². The van der Waals surface area contributed by atoms with Crippen LogP contribution in [0.4, 0.5) is 0 Å². The average molecular weight is 334 g/mol. The normalized spacial score (nSPS) is 9.70. The van der Waals surface area contributed by atoms with Crippen molar-refractivity contribution in [3.8, 4) is 5.75 Å². The second-order valence-electron chi connectivity index (χ2n) is 4.61. The molecule has 1 heterocycles. The summed E-state index contributed by atoms with van der Waals surface area (Å²) in [6.07, 6.45) is 1.69. The van der Waals surface area contributed by atoms with Gasteiger partial charge < -0.3 is 9.47 Å². The van der Waals surface area contributed by atoms with Gasteiger partial charge in [-0.15, -0.1) is 11.3 Å². The highest BCUT2D eigenvalue weighted by Crippen LogP contribution is 2.23. The van der Waals surface area contributed by atoms with E-state index < -0.39 is 0 Å². The molecule has 0 atom stereocenters. The van der Waals surface area contributed by atoms with Crippen molar-refractivity contribution in [2.24, 2.45) is 0 Å². The smallest absolute Gasteiger partial charge is 0.160 e. The third-order valence-electron chi connectivity index (χ3n) is 3.01.